The molecular formula is C12H18ClN3O4S2. The lowest BCUT2D eigenvalue weighted by Crippen LogP contribution is -2.35. The lowest BCUT2D eigenvalue weighted by Gasteiger charge is -2.19. The summed E-state index contributed by atoms with van der Waals surface area (Å²) in [5.74, 6) is 0.0933. The maximum absolute atomic E-state index is 11.9. The van der Waals surface area contributed by atoms with Crippen molar-refractivity contribution in [3.8, 4) is 0 Å². The summed E-state index contributed by atoms with van der Waals surface area (Å²) in [6.45, 7) is 3.78. The summed E-state index contributed by atoms with van der Waals surface area (Å²) in [5.41, 5.74) is 0.623. The Bertz CT molecular complexity index is 763. The predicted molar refractivity (Wildman–Crippen MR) is 88.0 cm³/mol. The highest BCUT2D eigenvalue weighted by Gasteiger charge is 2.29. The van der Waals surface area contributed by atoms with Crippen LogP contribution in [-0.4, -0.2) is 35.2 Å². The number of hydrogen-bond acceptors (Lipinski definition) is 4. The fraction of sp³-hybridized carbons (Fsp3) is 0.500. The second-order valence-corrected chi connectivity index (χ2v) is 9.15. The van der Waals surface area contributed by atoms with Crippen LogP contribution in [-0.2, 0) is 20.2 Å². The summed E-state index contributed by atoms with van der Waals surface area (Å²) in [5, 5.41) is 0.176. The lowest BCUT2D eigenvalue weighted by molar-refractivity contribution is 0.575. The molecule has 2 N–H and O–H groups in total. The Balaban J connectivity index is 2.24. The lowest BCUT2D eigenvalue weighted by atomic mass is 10.3. The molecule has 1 aliphatic heterocycles. The van der Waals surface area contributed by atoms with Crippen LogP contribution in [0.5, 0.6) is 0 Å². The number of rotatable bonds is 5. The minimum absolute atomic E-state index is 0.0933. The van der Waals surface area contributed by atoms with E-state index in [1.807, 2.05) is 0 Å². The Morgan fingerprint density at radius 1 is 1.32 bits per heavy atom. The number of hydrogen-bond donors (Lipinski definition) is 2. The van der Waals surface area contributed by atoms with Gasteiger partial charge in [0.25, 0.3) is 10.2 Å². The number of nitrogens with zero attached hydrogens (tertiary/aromatic N) is 1. The zero-order valence-corrected chi connectivity index (χ0v) is 14.6. The zero-order chi connectivity index (χ0) is 16.5. The molecule has 124 valence electrons. The van der Waals surface area contributed by atoms with Crippen molar-refractivity contribution in [1.82, 2.24) is 4.72 Å². The van der Waals surface area contributed by atoms with E-state index in [-0.39, 0.29) is 22.5 Å². The quantitative estimate of drug-likeness (QED) is 0.825. The number of halogens is 1. The number of sulfonamides is 1. The predicted octanol–water partition coefficient (Wildman–Crippen LogP) is 1.53. The van der Waals surface area contributed by atoms with E-state index in [4.69, 9.17) is 11.6 Å². The van der Waals surface area contributed by atoms with E-state index in [9.17, 15) is 16.8 Å². The molecular weight excluding hydrogens is 350 g/mol. The molecule has 7 nitrogen and oxygen atoms in total. The Morgan fingerprint density at radius 3 is 2.50 bits per heavy atom. The first-order chi connectivity index (χ1) is 10.1. The fourth-order valence-electron chi connectivity index (χ4n) is 2.18. The van der Waals surface area contributed by atoms with Crippen molar-refractivity contribution in [3.63, 3.8) is 0 Å². The van der Waals surface area contributed by atoms with Crippen molar-refractivity contribution in [1.29, 1.82) is 0 Å². The van der Waals surface area contributed by atoms with Gasteiger partial charge < -0.3 is 0 Å². The van der Waals surface area contributed by atoms with Crippen LogP contribution < -0.4 is 13.7 Å². The van der Waals surface area contributed by atoms with Gasteiger partial charge in [0, 0.05) is 12.6 Å². The Kier molecular flexibility index (Phi) is 4.90. The third-order valence-corrected chi connectivity index (χ3v) is 6.40. The molecule has 0 amide bonds. The Labute approximate surface area is 135 Å². The SMILES string of the molecule is CC(C)NS(=O)(=O)Nc1ccc(N2CCCS2(=O)=O)c(Cl)c1. The molecule has 2 rings (SSSR count). The van der Waals surface area contributed by atoms with Crippen LogP contribution in [0.25, 0.3) is 0 Å². The van der Waals surface area contributed by atoms with E-state index in [1.165, 1.54) is 22.5 Å². The van der Waals surface area contributed by atoms with E-state index in [2.05, 4.69) is 9.44 Å². The maximum Gasteiger partial charge on any atom is 0.299 e. The average Bonchev–Trinajstić information content (AvgIpc) is 2.66. The monoisotopic (exact) mass is 367 g/mol. The number of anilines is 2. The van der Waals surface area contributed by atoms with Crippen LogP contribution in [0, 0.1) is 0 Å². The van der Waals surface area contributed by atoms with Crippen molar-refractivity contribution in [2.75, 3.05) is 21.3 Å². The van der Waals surface area contributed by atoms with Gasteiger partial charge in [-0.1, -0.05) is 11.6 Å². The molecule has 1 aliphatic rings. The smallest absolute Gasteiger partial charge is 0.271 e. The topological polar surface area (TPSA) is 95.6 Å². The van der Waals surface area contributed by atoms with Crippen molar-refractivity contribution < 1.29 is 16.8 Å². The van der Waals surface area contributed by atoms with Gasteiger partial charge in [0.2, 0.25) is 10.0 Å². The molecule has 0 aliphatic carbocycles. The summed E-state index contributed by atoms with van der Waals surface area (Å²) < 4.78 is 53.3. The minimum Gasteiger partial charge on any atom is -0.271 e. The van der Waals surface area contributed by atoms with Crippen LogP contribution in [0.15, 0.2) is 18.2 Å². The van der Waals surface area contributed by atoms with Crippen molar-refractivity contribution >= 4 is 43.2 Å². The van der Waals surface area contributed by atoms with E-state index in [1.54, 1.807) is 13.8 Å². The molecule has 0 unspecified atom stereocenters. The van der Waals surface area contributed by atoms with E-state index < -0.39 is 20.2 Å². The molecule has 22 heavy (non-hydrogen) atoms. The number of nitrogens with one attached hydrogen (secondary N) is 2. The van der Waals surface area contributed by atoms with Gasteiger partial charge >= 0.3 is 0 Å². The highest BCUT2D eigenvalue weighted by molar-refractivity contribution is 7.93. The van der Waals surface area contributed by atoms with Gasteiger partial charge in [-0.05, 0) is 38.5 Å². The Hall–Kier alpha value is -1.03. The number of benzene rings is 1. The van der Waals surface area contributed by atoms with Crippen molar-refractivity contribution in [2.24, 2.45) is 0 Å². The molecule has 0 bridgehead atoms. The summed E-state index contributed by atoms with van der Waals surface area (Å²) in [6.07, 6.45) is 0.547. The fourth-order valence-corrected chi connectivity index (χ4v) is 5.21. The van der Waals surface area contributed by atoms with Crippen LogP contribution in [0.1, 0.15) is 20.3 Å². The minimum atomic E-state index is -3.70. The molecule has 0 spiro atoms. The third kappa shape index (κ3) is 4.03. The standard InChI is InChI=1S/C12H18ClN3O4S2/c1-9(2)14-22(19,20)15-10-4-5-12(11(13)8-10)16-6-3-7-21(16,17)18/h4-5,8-9,14-15H,3,6-7H2,1-2H3. The molecule has 1 saturated heterocycles. The first-order valence-corrected chi connectivity index (χ1v) is 10.2. The maximum atomic E-state index is 11.9. The molecule has 0 radical (unpaired) electrons. The van der Waals surface area contributed by atoms with E-state index >= 15 is 0 Å². The van der Waals surface area contributed by atoms with Crippen molar-refractivity contribution in [3.05, 3.63) is 23.2 Å². The third-order valence-electron chi connectivity index (χ3n) is 2.96. The molecule has 1 fully saturated rings. The summed E-state index contributed by atoms with van der Waals surface area (Å²) in [4.78, 5) is 0. The van der Waals surface area contributed by atoms with Gasteiger partial charge in [-0.3, -0.25) is 9.03 Å². The molecule has 1 aromatic rings. The normalized spacial score (nSPS) is 17.9. The Morgan fingerprint density at radius 2 is 2.00 bits per heavy atom. The van der Waals surface area contributed by atoms with Gasteiger partial charge in [0.05, 0.1) is 22.2 Å². The van der Waals surface area contributed by atoms with Crippen LogP contribution in [0.2, 0.25) is 5.02 Å². The highest BCUT2D eigenvalue weighted by Crippen LogP contribution is 2.33. The second kappa shape index (κ2) is 6.23. The zero-order valence-electron chi connectivity index (χ0n) is 12.2. The van der Waals surface area contributed by atoms with Crippen LogP contribution in [0.4, 0.5) is 11.4 Å². The van der Waals surface area contributed by atoms with Crippen LogP contribution in [0.3, 0.4) is 0 Å². The molecule has 1 heterocycles. The summed E-state index contributed by atoms with van der Waals surface area (Å²) >= 11 is 6.11. The van der Waals surface area contributed by atoms with Crippen molar-refractivity contribution in [2.45, 2.75) is 26.3 Å². The molecule has 1 aromatic carbocycles. The van der Waals surface area contributed by atoms with Gasteiger partial charge in [0.1, 0.15) is 0 Å². The first kappa shape index (κ1) is 17.3. The van der Waals surface area contributed by atoms with Gasteiger partial charge in [-0.2, -0.15) is 13.1 Å². The highest BCUT2D eigenvalue weighted by atomic mass is 35.5. The molecule has 0 atom stereocenters. The van der Waals surface area contributed by atoms with E-state index in [0.717, 1.165) is 0 Å². The van der Waals surface area contributed by atoms with Gasteiger partial charge in [0.15, 0.2) is 0 Å². The largest absolute Gasteiger partial charge is 0.299 e. The summed E-state index contributed by atoms with van der Waals surface area (Å²) in [6, 6.07) is 4.12. The van der Waals surface area contributed by atoms with E-state index in [0.29, 0.717) is 18.7 Å². The molecule has 10 heteroatoms. The first-order valence-electron chi connectivity index (χ1n) is 6.71. The second-order valence-electron chi connectivity index (χ2n) is 5.29. The van der Waals surface area contributed by atoms with Crippen LogP contribution >= 0.6 is 11.6 Å². The average molecular weight is 368 g/mol. The molecule has 0 saturated carbocycles. The van der Waals surface area contributed by atoms with Gasteiger partial charge in [-0.15, -0.1) is 0 Å². The summed E-state index contributed by atoms with van der Waals surface area (Å²) in [7, 11) is -7.02. The van der Waals surface area contributed by atoms with Gasteiger partial charge in [-0.25, -0.2) is 8.42 Å². The molecule has 0 aromatic heterocycles.